The van der Waals surface area contributed by atoms with Crippen LogP contribution in [-0.4, -0.2) is 42.1 Å². The molecule has 1 saturated heterocycles. The van der Waals surface area contributed by atoms with E-state index in [0.717, 1.165) is 24.2 Å². The maximum Gasteiger partial charge on any atom is 0.255 e. The first-order valence-corrected chi connectivity index (χ1v) is 11.4. The van der Waals surface area contributed by atoms with Crippen LogP contribution in [-0.2, 0) is 0 Å². The number of rotatable bonds is 5. The molecule has 1 aliphatic heterocycles. The third-order valence-electron chi connectivity index (χ3n) is 5.74. The molecular formula is C25H23ClN6O2. The summed E-state index contributed by atoms with van der Waals surface area (Å²) in [5.74, 6) is 1.58. The van der Waals surface area contributed by atoms with Crippen molar-refractivity contribution in [2.75, 3.05) is 6.54 Å². The molecule has 3 aromatic heterocycles. The lowest BCUT2D eigenvalue weighted by molar-refractivity contribution is 0.0732. The lowest BCUT2D eigenvalue weighted by Crippen LogP contribution is -2.31. The average Bonchev–Trinajstić information content (AvgIpc) is 3.46. The van der Waals surface area contributed by atoms with Crippen LogP contribution < -0.4 is 4.74 Å². The van der Waals surface area contributed by atoms with E-state index in [9.17, 15) is 4.79 Å². The molecule has 0 aliphatic carbocycles. The van der Waals surface area contributed by atoms with Crippen molar-refractivity contribution in [3.63, 3.8) is 0 Å². The molecule has 4 heterocycles. The number of likely N-dealkylation sites (tertiary alicyclic amines) is 1. The van der Waals surface area contributed by atoms with Crippen molar-refractivity contribution < 1.29 is 9.53 Å². The van der Waals surface area contributed by atoms with Crippen molar-refractivity contribution in [1.29, 1.82) is 0 Å². The van der Waals surface area contributed by atoms with E-state index in [2.05, 4.69) is 20.1 Å². The van der Waals surface area contributed by atoms with E-state index in [1.807, 2.05) is 30.9 Å². The zero-order valence-electron chi connectivity index (χ0n) is 18.8. The molecule has 1 aromatic carbocycles. The summed E-state index contributed by atoms with van der Waals surface area (Å²) in [6.07, 6.45) is 6.55. The highest BCUT2D eigenvalue weighted by atomic mass is 35.5. The Morgan fingerprint density at radius 2 is 1.91 bits per heavy atom. The molecule has 1 atom stereocenters. The molecule has 0 radical (unpaired) electrons. The molecule has 1 aliphatic rings. The van der Waals surface area contributed by atoms with Crippen molar-refractivity contribution in [2.24, 2.45) is 0 Å². The van der Waals surface area contributed by atoms with Crippen molar-refractivity contribution in [3.05, 3.63) is 88.7 Å². The number of amides is 1. The first-order valence-electron chi connectivity index (χ1n) is 11.0. The fraction of sp³-hybridized carbons (Fsp3) is 0.240. The monoisotopic (exact) mass is 474 g/mol. The summed E-state index contributed by atoms with van der Waals surface area (Å²) in [5.41, 5.74) is 3.13. The normalized spacial score (nSPS) is 15.5. The van der Waals surface area contributed by atoms with Gasteiger partial charge in [0.05, 0.1) is 35.4 Å². The average molecular weight is 475 g/mol. The molecule has 5 rings (SSSR count). The predicted octanol–water partition coefficient (Wildman–Crippen LogP) is 5.10. The van der Waals surface area contributed by atoms with Crippen molar-refractivity contribution >= 4 is 17.5 Å². The van der Waals surface area contributed by atoms with Gasteiger partial charge in [0, 0.05) is 23.5 Å². The minimum atomic E-state index is -0.176. The molecule has 8 nitrogen and oxygen atoms in total. The first-order chi connectivity index (χ1) is 16.5. The number of ether oxygens (including phenoxy) is 1. The number of aryl methyl sites for hydroxylation is 2. The van der Waals surface area contributed by atoms with Crippen LogP contribution in [0.4, 0.5) is 0 Å². The zero-order chi connectivity index (χ0) is 23.7. The van der Waals surface area contributed by atoms with Crippen LogP contribution in [0.3, 0.4) is 0 Å². The number of carbonyl (C=O) groups excluding carboxylic acids is 1. The number of pyridine rings is 1. The van der Waals surface area contributed by atoms with Crippen molar-refractivity contribution in [1.82, 2.24) is 29.6 Å². The lowest BCUT2D eigenvalue weighted by Gasteiger charge is -2.24. The van der Waals surface area contributed by atoms with Gasteiger partial charge in [0.2, 0.25) is 5.88 Å². The Morgan fingerprint density at radius 3 is 2.62 bits per heavy atom. The summed E-state index contributed by atoms with van der Waals surface area (Å²) in [6.45, 7) is 4.56. The number of halogens is 1. The van der Waals surface area contributed by atoms with Gasteiger partial charge in [0.25, 0.3) is 5.91 Å². The SMILES string of the molecule is Cc1cc(C)n(-c2ccc(C(=O)N3CCC[C@@H]3c3cncc(Oc4ccc(Cl)cc4)n3)cn2)n1. The summed E-state index contributed by atoms with van der Waals surface area (Å²) in [7, 11) is 0. The fourth-order valence-corrected chi connectivity index (χ4v) is 4.30. The van der Waals surface area contributed by atoms with Gasteiger partial charge in [-0.1, -0.05) is 11.6 Å². The Hall–Kier alpha value is -3.78. The second-order valence-electron chi connectivity index (χ2n) is 8.24. The molecule has 0 N–H and O–H groups in total. The fourth-order valence-electron chi connectivity index (χ4n) is 4.18. The maximum absolute atomic E-state index is 13.3. The third-order valence-corrected chi connectivity index (χ3v) is 6.00. The smallest absolute Gasteiger partial charge is 0.255 e. The molecule has 9 heteroatoms. The number of nitrogens with zero attached hydrogens (tertiary/aromatic N) is 6. The first kappa shape index (κ1) is 22.0. The van der Waals surface area contributed by atoms with E-state index >= 15 is 0 Å². The van der Waals surface area contributed by atoms with Crippen LogP contribution in [0.15, 0.2) is 61.1 Å². The molecule has 1 fully saturated rings. The lowest BCUT2D eigenvalue weighted by atomic mass is 10.1. The van der Waals surface area contributed by atoms with Crippen LogP contribution in [0.5, 0.6) is 11.6 Å². The number of benzene rings is 1. The van der Waals surface area contributed by atoms with E-state index < -0.39 is 0 Å². The summed E-state index contributed by atoms with van der Waals surface area (Å²) in [5, 5.41) is 5.08. The minimum absolute atomic E-state index is 0.0826. The van der Waals surface area contributed by atoms with E-state index in [0.29, 0.717) is 40.3 Å². The highest BCUT2D eigenvalue weighted by Gasteiger charge is 2.32. The zero-order valence-corrected chi connectivity index (χ0v) is 19.6. The van der Waals surface area contributed by atoms with Gasteiger partial charge in [-0.2, -0.15) is 5.10 Å². The second-order valence-corrected chi connectivity index (χ2v) is 8.68. The van der Waals surface area contributed by atoms with Crippen molar-refractivity contribution in [2.45, 2.75) is 32.7 Å². The van der Waals surface area contributed by atoms with Gasteiger partial charge in [-0.15, -0.1) is 0 Å². The summed E-state index contributed by atoms with van der Waals surface area (Å²) >= 11 is 5.94. The van der Waals surface area contributed by atoms with Crippen LogP contribution in [0.1, 0.15) is 46.3 Å². The van der Waals surface area contributed by atoms with Gasteiger partial charge in [-0.3, -0.25) is 9.78 Å². The van der Waals surface area contributed by atoms with Gasteiger partial charge in [-0.25, -0.2) is 14.6 Å². The van der Waals surface area contributed by atoms with E-state index in [1.54, 1.807) is 53.6 Å². The van der Waals surface area contributed by atoms with Gasteiger partial charge in [0.15, 0.2) is 5.82 Å². The Kier molecular flexibility index (Phi) is 5.98. The van der Waals surface area contributed by atoms with Gasteiger partial charge in [0.1, 0.15) is 5.75 Å². The maximum atomic E-state index is 13.3. The molecule has 4 aromatic rings. The summed E-state index contributed by atoms with van der Waals surface area (Å²) < 4.78 is 7.59. The largest absolute Gasteiger partial charge is 0.437 e. The van der Waals surface area contributed by atoms with Gasteiger partial charge >= 0.3 is 0 Å². The van der Waals surface area contributed by atoms with Crippen LogP contribution >= 0.6 is 11.6 Å². The summed E-state index contributed by atoms with van der Waals surface area (Å²) in [4.78, 5) is 28.6. The van der Waals surface area contributed by atoms with Crippen LogP contribution in [0, 0.1) is 13.8 Å². The highest BCUT2D eigenvalue weighted by molar-refractivity contribution is 6.30. The Labute approximate surface area is 202 Å². The molecule has 0 bridgehead atoms. The highest BCUT2D eigenvalue weighted by Crippen LogP contribution is 2.33. The number of carbonyl (C=O) groups is 1. The van der Waals surface area contributed by atoms with E-state index in [1.165, 1.54) is 0 Å². The molecule has 172 valence electrons. The van der Waals surface area contributed by atoms with E-state index in [4.69, 9.17) is 16.3 Å². The number of hydrogen-bond donors (Lipinski definition) is 0. The minimum Gasteiger partial charge on any atom is -0.437 e. The van der Waals surface area contributed by atoms with Crippen LogP contribution in [0.25, 0.3) is 5.82 Å². The molecule has 34 heavy (non-hydrogen) atoms. The molecular weight excluding hydrogens is 452 g/mol. The standard InChI is InChI=1S/C25H23ClN6O2/c1-16-12-17(2)32(30-16)23-10-5-18(13-28-23)25(33)31-11-3-4-22(31)21-14-27-15-24(29-21)34-20-8-6-19(26)7-9-20/h5-10,12-15,22H,3-4,11H2,1-2H3/t22-/m1/s1. The molecule has 0 unspecified atom stereocenters. The number of aromatic nitrogens is 5. The Balaban J connectivity index is 1.34. The van der Waals surface area contributed by atoms with Crippen molar-refractivity contribution in [3.8, 4) is 17.4 Å². The third kappa shape index (κ3) is 4.49. The summed E-state index contributed by atoms with van der Waals surface area (Å²) in [6, 6.07) is 12.5. The Bertz CT molecular complexity index is 1320. The van der Waals surface area contributed by atoms with Crippen LogP contribution in [0.2, 0.25) is 5.02 Å². The van der Waals surface area contributed by atoms with E-state index in [-0.39, 0.29) is 11.9 Å². The molecule has 0 spiro atoms. The quantitative estimate of drug-likeness (QED) is 0.400. The predicted molar refractivity (Wildman–Crippen MR) is 127 cm³/mol. The van der Waals surface area contributed by atoms with Gasteiger partial charge < -0.3 is 9.64 Å². The second kappa shape index (κ2) is 9.23. The van der Waals surface area contributed by atoms with Gasteiger partial charge in [-0.05, 0) is 69.2 Å². The Morgan fingerprint density at radius 1 is 1.09 bits per heavy atom. The molecule has 0 saturated carbocycles. The molecule has 1 amide bonds. The topological polar surface area (TPSA) is 86.0 Å². The number of hydrogen-bond acceptors (Lipinski definition) is 6.